The largest absolute Gasteiger partial charge is 0.491 e. The van der Waals surface area contributed by atoms with Crippen molar-refractivity contribution in [2.45, 2.75) is 52.8 Å². The second-order valence-electron chi connectivity index (χ2n) is 6.80. The second kappa shape index (κ2) is 9.42. The van der Waals surface area contributed by atoms with Crippen LogP contribution in [0.5, 0.6) is 5.75 Å². The Bertz CT molecular complexity index is 658. The average molecular weight is 341 g/mol. The van der Waals surface area contributed by atoms with E-state index in [4.69, 9.17) is 9.84 Å². The third-order valence-corrected chi connectivity index (χ3v) is 3.99. The van der Waals surface area contributed by atoms with Gasteiger partial charge in [0.2, 0.25) is 0 Å². The minimum absolute atomic E-state index is 0.181. The Labute approximate surface area is 152 Å². The number of aromatic nitrogens is 2. The third kappa shape index (κ3) is 5.75. The summed E-state index contributed by atoms with van der Waals surface area (Å²) in [5, 5.41) is 4.77. The van der Waals surface area contributed by atoms with Gasteiger partial charge in [-0.3, -0.25) is 4.68 Å². The van der Waals surface area contributed by atoms with Crippen molar-refractivity contribution in [3.8, 4) is 17.0 Å². The predicted octanol–water partition coefficient (Wildman–Crippen LogP) is 4.76. The van der Waals surface area contributed by atoms with Gasteiger partial charge in [-0.15, -0.1) is 6.58 Å². The zero-order valence-corrected chi connectivity index (χ0v) is 16.0. The number of allylic oxidation sites excluding steroid dienone is 1. The van der Waals surface area contributed by atoms with Crippen LogP contribution in [-0.2, 0) is 13.1 Å². The highest BCUT2D eigenvalue weighted by atomic mass is 16.5. The predicted molar refractivity (Wildman–Crippen MR) is 105 cm³/mol. The molecular weight excluding hydrogens is 310 g/mol. The number of hydrogen-bond acceptors (Lipinski definition) is 3. The van der Waals surface area contributed by atoms with Gasteiger partial charge in [0, 0.05) is 23.9 Å². The van der Waals surface area contributed by atoms with Crippen LogP contribution < -0.4 is 4.74 Å². The van der Waals surface area contributed by atoms with E-state index in [1.54, 1.807) is 0 Å². The van der Waals surface area contributed by atoms with Crippen LogP contribution in [0.2, 0.25) is 0 Å². The van der Waals surface area contributed by atoms with Crippen molar-refractivity contribution < 1.29 is 4.74 Å². The summed E-state index contributed by atoms with van der Waals surface area (Å²) in [4.78, 5) is 2.36. The summed E-state index contributed by atoms with van der Waals surface area (Å²) in [5.74, 6) is 0.894. The fraction of sp³-hybridized carbons (Fsp3) is 0.476. The Hall–Kier alpha value is -2.07. The normalized spacial score (nSPS) is 11.3. The van der Waals surface area contributed by atoms with Gasteiger partial charge in [0.25, 0.3) is 0 Å². The van der Waals surface area contributed by atoms with Gasteiger partial charge in [-0.2, -0.15) is 5.10 Å². The van der Waals surface area contributed by atoms with Crippen molar-refractivity contribution in [1.29, 1.82) is 0 Å². The van der Waals surface area contributed by atoms with E-state index in [1.807, 2.05) is 36.7 Å². The molecular formula is C21H31N3O. The lowest BCUT2D eigenvalue weighted by molar-refractivity contribution is 0.242. The SMILES string of the molecule is C=CCn1cc(CN(C)CCCC)c(-c2ccc(OC(C)C)cc2)n1. The molecule has 25 heavy (non-hydrogen) atoms. The number of ether oxygens (including phenoxy) is 1. The van der Waals surface area contributed by atoms with E-state index in [9.17, 15) is 0 Å². The van der Waals surface area contributed by atoms with Crippen LogP contribution in [0.3, 0.4) is 0 Å². The van der Waals surface area contributed by atoms with Crippen LogP contribution in [-0.4, -0.2) is 34.4 Å². The average Bonchev–Trinajstić information content (AvgIpc) is 2.96. The number of benzene rings is 1. The Morgan fingerprint density at radius 2 is 2.00 bits per heavy atom. The summed E-state index contributed by atoms with van der Waals surface area (Å²) in [6, 6.07) is 8.22. The number of rotatable bonds is 10. The first-order chi connectivity index (χ1) is 12.0. The highest BCUT2D eigenvalue weighted by molar-refractivity contribution is 5.63. The summed E-state index contributed by atoms with van der Waals surface area (Å²) < 4.78 is 7.70. The molecule has 0 N–H and O–H groups in total. The van der Waals surface area contributed by atoms with Gasteiger partial charge in [-0.25, -0.2) is 0 Å². The number of nitrogens with zero attached hydrogens (tertiary/aromatic N) is 3. The molecule has 136 valence electrons. The van der Waals surface area contributed by atoms with E-state index in [0.29, 0.717) is 0 Å². The van der Waals surface area contributed by atoms with Crippen molar-refractivity contribution in [2.24, 2.45) is 0 Å². The van der Waals surface area contributed by atoms with Crippen LogP contribution in [0, 0.1) is 0 Å². The number of unbranched alkanes of at least 4 members (excludes halogenated alkanes) is 1. The molecule has 4 heteroatoms. The Morgan fingerprint density at radius 3 is 2.60 bits per heavy atom. The summed E-state index contributed by atoms with van der Waals surface area (Å²) >= 11 is 0. The maximum atomic E-state index is 5.74. The van der Waals surface area contributed by atoms with Gasteiger partial charge in [0.1, 0.15) is 5.75 Å². The van der Waals surface area contributed by atoms with Gasteiger partial charge in [0.05, 0.1) is 18.3 Å². The van der Waals surface area contributed by atoms with Crippen molar-refractivity contribution in [1.82, 2.24) is 14.7 Å². The second-order valence-corrected chi connectivity index (χ2v) is 6.80. The molecule has 1 aromatic carbocycles. The monoisotopic (exact) mass is 341 g/mol. The first kappa shape index (κ1) is 19.3. The third-order valence-electron chi connectivity index (χ3n) is 3.99. The molecule has 2 aromatic rings. The molecule has 0 aliphatic carbocycles. The Balaban J connectivity index is 2.23. The lowest BCUT2D eigenvalue weighted by Crippen LogP contribution is -2.19. The zero-order chi connectivity index (χ0) is 18.2. The number of hydrogen-bond donors (Lipinski definition) is 0. The molecule has 0 spiro atoms. The Kier molecular flexibility index (Phi) is 7.26. The first-order valence-electron chi connectivity index (χ1n) is 9.16. The van der Waals surface area contributed by atoms with Crippen LogP contribution >= 0.6 is 0 Å². The summed E-state index contributed by atoms with van der Waals surface area (Å²) in [6.07, 6.45) is 6.62. The fourth-order valence-corrected chi connectivity index (χ4v) is 2.81. The van der Waals surface area contributed by atoms with Gasteiger partial charge >= 0.3 is 0 Å². The van der Waals surface area contributed by atoms with E-state index in [0.717, 1.165) is 36.6 Å². The van der Waals surface area contributed by atoms with Gasteiger partial charge < -0.3 is 9.64 Å². The molecule has 1 aromatic heterocycles. The highest BCUT2D eigenvalue weighted by Gasteiger charge is 2.13. The molecule has 0 aliphatic heterocycles. The van der Waals surface area contributed by atoms with Gasteiger partial charge in [-0.1, -0.05) is 19.4 Å². The minimum atomic E-state index is 0.181. The van der Waals surface area contributed by atoms with E-state index >= 15 is 0 Å². The fourth-order valence-electron chi connectivity index (χ4n) is 2.81. The molecule has 0 saturated carbocycles. The summed E-state index contributed by atoms with van der Waals surface area (Å²) in [6.45, 7) is 12.8. The van der Waals surface area contributed by atoms with Crippen LogP contribution in [0.4, 0.5) is 0 Å². The van der Waals surface area contributed by atoms with E-state index in [1.165, 1.54) is 18.4 Å². The topological polar surface area (TPSA) is 30.3 Å². The first-order valence-corrected chi connectivity index (χ1v) is 9.16. The van der Waals surface area contributed by atoms with E-state index in [-0.39, 0.29) is 6.10 Å². The molecule has 0 unspecified atom stereocenters. The quantitative estimate of drug-likeness (QED) is 0.584. The summed E-state index contributed by atoms with van der Waals surface area (Å²) in [7, 11) is 2.17. The van der Waals surface area contributed by atoms with Gasteiger partial charge in [-0.05, 0) is 58.1 Å². The standard InChI is InChI=1S/C21H31N3O/c1-6-8-14-23(5)15-19-16-24(13-7-2)22-21(19)18-9-11-20(12-10-18)25-17(3)4/h7,9-12,16-17H,2,6,8,13-15H2,1,3-5H3. The van der Waals surface area contributed by atoms with E-state index < -0.39 is 0 Å². The van der Waals surface area contributed by atoms with Crippen LogP contribution in [0.1, 0.15) is 39.2 Å². The Morgan fingerprint density at radius 1 is 1.28 bits per heavy atom. The van der Waals surface area contributed by atoms with Crippen LogP contribution in [0.15, 0.2) is 43.1 Å². The molecule has 2 rings (SSSR count). The highest BCUT2D eigenvalue weighted by Crippen LogP contribution is 2.26. The van der Waals surface area contributed by atoms with Crippen molar-refractivity contribution in [2.75, 3.05) is 13.6 Å². The molecule has 0 fully saturated rings. The smallest absolute Gasteiger partial charge is 0.119 e. The zero-order valence-electron chi connectivity index (χ0n) is 16.0. The van der Waals surface area contributed by atoms with Gasteiger partial charge in [0.15, 0.2) is 0 Å². The maximum Gasteiger partial charge on any atom is 0.119 e. The lowest BCUT2D eigenvalue weighted by atomic mass is 10.1. The van der Waals surface area contributed by atoms with Crippen molar-refractivity contribution >= 4 is 0 Å². The minimum Gasteiger partial charge on any atom is -0.491 e. The molecule has 0 bridgehead atoms. The molecule has 1 heterocycles. The van der Waals surface area contributed by atoms with Crippen molar-refractivity contribution in [3.05, 3.63) is 48.7 Å². The molecule has 0 radical (unpaired) electrons. The molecule has 0 saturated heterocycles. The van der Waals surface area contributed by atoms with E-state index in [2.05, 4.69) is 43.8 Å². The van der Waals surface area contributed by atoms with Crippen LogP contribution in [0.25, 0.3) is 11.3 Å². The molecule has 0 atom stereocenters. The maximum absolute atomic E-state index is 5.74. The lowest BCUT2D eigenvalue weighted by Gasteiger charge is -2.16. The summed E-state index contributed by atoms with van der Waals surface area (Å²) in [5.41, 5.74) is 3.41. The molecule has 4 nitrogen and oxygen atoms in total. The molecule has 0 amide bonds. The molecule has 0 aliphatic rings. The van der Waals surface area contributed by atoms with Crippen molar-refractivity contribution in [3.63, 3.8) is 0 Å².